The van der Waals surface area contributed by atoms with Crippen LogP contribution in [0.2, 0.25) is 18.1 Å². The van der Waals surface area contributed by atoms with Crippen molar-refractivity contribution < 1.29 is 14.0 Å². The van der Waals surface area contributed by atoms with Gasteiger partial charge in [0.25, 0.3) is 0 Å². The molecule has 0 amide bonds. The Bertz CT molecular complexity index is 404. The van der Waals surface area contributed by atoms with Crippen molar-refractivity contribution >= 4 is 20.9 Å². The summed E-state index contributed by atoms with van der Waals surface area (Å²) in [7, 11) is -1.92. The first-order chi connectivity index (χ1) is 9.17. The summed E-state index contributed by atoms with van der Waals surface area (Å²) in [6, 6.07) is 0. The smallest absolute Gasteiger partial charge is 0.192 e. The molecule has 0 N–H and O–H groups in total. The van der Waals surface area contributed by atoms with Gasteiger partial charge in [0.2, 0.25) is 0 Å². The molecule has 0 aliphatic heterocycles. The van der Waals surface area contributed by atoms with Gasteiger partial charge in [-0.05, 0) is 37.4 Å². The van der Waals surface area contributed by atoms with Crippen LogP contribution in [0.15, 0.2) is 11.1 Å². The van der Waals surface area contributed by atoms with Gasteiger partial charge in [-0.2, -0.15) is 0 Å². The molecule has 3 nitrogen and oxygen atoms in total. The Morgan fingerprint density at radius 1 is 1.30 bits per heavy atom. The molecular formula is C16H28O3Si. The molecular weight excluding hydrogens is 268 g/mol. The molecule has 1 rings (SSSR count). The Morgan fingerprint density at radius 3 is 2.30 bits per heavy atom. The first-order valence-corrected chi connectivity index (χ1v) is 10.4. The highest BCUT2D eigenvalue weighted by atomic mass is 28.4. The topological polar surface area (TPSA) is 43.4 Å². The van der Waals surface area contributed by atoms with E-state index in [-0.39, 0.29) is 17.1 Å². The Labute approximate surface area is 123 Å². The third kappa shape index (κ3) is 3.47. The quantitative estimate of drug-likeness (QED) is 0.571. The van der Waals surface area contributed by atoms with Gasteiger partial charge in [-0.1, -0.05) is 33.3 Å². The molecule has 0 heterocycles. The molecule has 1 aliphatic carbocycles. The number of allylic oxidation sites excluding steroid dienone is 1. The molecule has 0 saturated carbocycles. The molecule has 20 heavy (non-hydrogen) atoms. The first-order valence-electron chi connectivity index (χ1n) is 7.48. The summed E-state index contributed by atoms with van der Waals surface area (Å²) >= 11 is 0. The second-order valence-electron chi connectivity index (χ2n) is 7.15. The van der Waals surface area contributed by atoms with E-state index < -0.39 is 8.32 Å². The van der Waals surface area contributed by atoms with Gasteiger partial charge in [0.05, 0.1) is 12.0 Å². The van der Waals surface area contributed by atoms with Crippen molar-refractivity contribution in [1.29, 1.82) is 0 Å². The van der Waals surface area contributed by atoms with Gasteiger partial charge in [0, 0.05) is 5.57 Å². The van der Waals surface area contributed by atoms with Crippen molar-refractivity contribution in [3.63, 3.8) is 0 Å². The largest absolute Gasteiger partial charge is 0.413 e. The molecule has 0 aromatic carbocycles. The first kappa shape index (κ1) is 17.3. The van der Waals surface area contributed by atoms with Crippen LogP contribution in [0, 0.1) is 5.92 Å². The maximum Gasteiger partial charge on any atom is 0.192 e. The lowest BCUT2D eigenvalue weighted by Crippen LogP contribution is -2.47. The van der Waals surface area contributed by atoms with Crippen molar-refractivity contribution in [2.75, 3.05) is 0 Å². The summed E-state index contributed by atoms with van der Waals surface area (Å²) < 4.78 is 6.39. The lowest BCUT2D eigenvalue weighted by Gasteiger charge is -2.42. The van der Waals surface area contributed by atoms with Crippen LogP contribution in [0.4, 0.5) is 0 Å². The summed E-state index contributed by atoms with van der Waals surface area (Å²) in [6.45, 7) is 13.0. The maximum absolute atomic E-state index is 11.5. The maximum atomic E-state index is 11.5. The van der Waals surface area contributed by atoms with E-state index in [4.69, 9.17) is 4.43 Å². The van der Waals surface area contributed by atoms with Gasteiger partial charge < -0.3 is 9.22 Å². The van der Waals surface area contributed by atoms with E-state index in [9.17, 15) is 9.59 Å². The highest BCUT2D eigenvalue weighted by molar-refractivity contribution is 6.74. The van der Waals surface area contributed by atoms with Crippen LogP contribution in [0.3, 0.4) is 0 Å². The van der Waals surface area contributed by atoms with Crippen LogP contribution in [0.1, 0.15) is 47.0 Å². The zero-order chi connectivity index (χ0) is 15.6. The average Bonchev–Trinajstić information content (AvgIpc) is 2.36. The third-order valence-electron chi connectivity index (χ3n) is 4.85. The number of carbonyl (C=O) groups excluding carboxylic acids is 2. The SMILES string of the molecule is CCC1=C(C=O)C(C=O)C(O[Si](C)(C)C(C)(C)C)CC1. The van der Waals surface area contributed by atoms with E-state index in [2.05, 4.69) is 33.9 Å². The number of carbonyl (C=O) groups is 2. The van der Waals surface area contributed by atoms with Crippen molar-refractivity contribution in [2.45, 2.75) is 71.2 Å². The summed E-state index contributed by atoms with van der Waals surface area (Å²) in [5, 5.41) is 0.108. The van der Waals surface area contributed by atoms with Crippen LogP contribution in [-0.2, 0) is 14.0 Å². The second kappa shape index (κ2) is 6.35. The fourth-order valence-corrected chi connectivity index (χ4v) is 3.84. The van der Waals surface area contributed by atoms with Gasteiger partial charge in [-0.15, -0.1) is 0 Å². The molecule has 4 heteroatoms. The molecule has 0 bridgehead atoms. The number of rotatable bonds is 5. The van der Waals surface area contributed by atoms with E-state index in [0.717, 1.165) is 37.4 Å². The summed E-state index contributed by atoms with van der Waals surface area (Å²) in [6.07, 6.45) is 4.18. The molecule has 0 aromatic heterocycles. The summed E-state index contributed by atoms with van der Waals surface area (Å²) in [4.78, 5) is 22.8. The van der Waals surface area contributed by atoms with Crippen molar-refractivity contribution in [3.8, 4) is 0 Å². The zero-order valence-electron chi connectivity index (χ0n) is 13.7. The average molecular weight is 296 g/mol. The Balaban J connectivity index is 3.02. The van der Waals surface area contributed by atoms with E-state index in [0.29, 0.717) is 5.57 Å². The Morgan fingerprint density at radius 2 is 1.90 bits per heavy atom. The fraction of sp³-hybridized carbons (Fsp3) is 0.750. The fourth-order valence-electron chi connectivity index (χ4n) is 2.47. The highest BCUT2D eigenvalue weighted by Gasteiger charge is 2.42. The van der Waals surface area contributed by atoms with Crippen LogP contribution < -0.4 is 0 Å². The molecule has 0 saturated heterocycles. The molecule has 0 radical (unpaired) electrons. The Hall–Kier alpha value is -0.743. The monoisotopic (exact) mass is 296 g/mol. The van der Waals surface area contributed by atoms with Gasteiger partial charge in [-0.3, -0.25) is 4.79 Å². The van der Waals surface area contributed by atoms with Gasteiger partial charge in [0.1, 0.15) is 12.6 Å². The van der Waals surface area contributed by atoms with Gasteiger partial charge >= 0.3 is 0 Å². The summed E-state index contributed by atoms with van der Waals surface area (Å²) in [5.74, 6) is -0.384. The normalized spacial score (nSPS) is 24.7. The van der Waals surface area contributed by atoms with Crippen LogP contribution in [-0.4, -0.2) is 27.0 Å². The number of hydrogen-bond acceptors (Lipinski definition) is 3. The van der Waals surface area contributed by atoms with Crippen molar-refractivity contribution in [3.05, 3.63) is 11.1 Å². The van der Waals surface area contributed by atoms with Crippen molar-refractivity contribution in [2.24, 2.45) is 5.92 Å². The number of aldehydes is 2. The van der Waals surface area contributed by atoms with E-state index in [1.165, 1.54) is 0 Å². The minimum atomic E-state index is -1.92. The molecule has 0 aromatic rings. The molecule has 114 valence electrons. The van der Waals surface area contributed by atoms with Crippen LogP contribution >= 0.6 is 0 Å². The Kier molecular flexibility index (Phi) is 5.50. The van der Waals surface area contributed by atoms with Gasteiger partial charge in [0.15, 0.2) is 8.32 Å². The van der Waals surface area contributed by atoms with E-state index in [1.807, 2.05) is 6.92 Å². The van der Waals surface area contributed by atoms with Crippen LogP contribution in [0.25, 0.3) is 0 Å². The minimum Gasteiger partial charge on any atom is -0.413 e. The molecule has 2 unspecified atom stereocenters. The predicted molar refractivity (Wildman–Crippen MR) is 84.2 cm³/mol. The summed E-state index contributed by atoms with van der Waals surface area (Å²) in [5.41, 5.74) is 1.78. The zero-order valence-corrected chi connectivity index (χ0v) is 14.7. The molecule has 2 atom stereocenters. The second-order valence-corrected chi connectivity index (χ2v) is 11.9. The lowest BCUT2D eigenvalue weighted by molar-refractivity contribution is -0.115. The van der Waals surface area contributed by atoms with E-state index in [1.54, 1.807) is 0 Å². The van der Waals surface area contributed by atoms with Crippen molar-refractivity contribution in [1.82, 2.24) is 0 Å². The van der Waals surface area contributed by atoms with Crippen LogP contribution in [0.5, 0.6) is 0 Å². The molecule has 1 aliphatic rings. The minimum absolute atomic E-state index is 0.108. The third-order valence-corrected chi connectivity index (χ3v) is 9.36. The predicted octanol–water partition coefficient (Wildman–Crippen LogP) is 3.89. The molecule has 0 spiro atoms. The lowest BCUT2D eigenvalue weighted by atomic mass is 9.81. The molecule has 0 fully saturated rings. The highest BCUT2D eigenvalue weighted by Crippen LogP contribution is 2.41. The standard InChI is InChI=1S/C16H28O3Si/c1-7-12-8-9-15(14(11-18)13(12)10-17)19-20(5,6)16(2,3)4/h10-11,14-15H,7-9H2,1-6H3. The van der Waals surface area contributed by atoms with Gasteiger partial charge in [-0.25, -0.2) is 0 Å². The number of hydrogen-bond donors (Lipinski definition) is 0. The van der Waals surface area contributed by atoms with E-state index >= 15 is 0 Å².